The van der Waals surface area contributed by atoms with Crippen molar-refractivity contribution in [3.63, 3.8) is 0 Å². The predicted octanol–water partition coefficient (Wildman–Crippen LogP) is -0.865. The molecule has 7 amide bonds. The number of thioether (sulfide) groups is 1. The second-order valence-electron chi connectivity index (χ2n) is 7.27. The van der Waals surface area contributed by atoms with Crippen LogP contribution in [-0.2, 0) is 19.1 Å². The lowest BCUT2D eigenvalue weighted by atomic mass is 10.0. The summed E-state index contributed by atoms with van der Waals surface area (Å²) in [5.41, 5.74) is 4.75. The Labute approximate surface area is 202 Å². The first-order valence-corrected chi connectivity index (χ1v) is 11.0. The van der Waals surface area contributed by atoms with Crippen LogP contribution in [0, 0.1) is 0 Å². The summed E-state index contributed by atoms with van der Waals surface area (Å²) >= 11 is 1.15. The maximum Gasteiger partial charge on any atom is 0.404 e. The summed E-state index contributed by atoms with van der Waals surface area (Å²) in [6.07, 6.45) is 0.180. The number of rotatable bonds is 7. The molecule has 15 nitrogen and oxygen atoms in total. The number of furan rings is 1. The Morgan fingerprint density at radius 3 is 2.63 bits per heavy atom. The molecule has 16 heteroatoms. The van der Waals surface area contributed by atoms with Gasteiger partial charge in [0.05, 0.1) is 6.26 Å². The van der Waals surface area contributed by atoms with Gasteiger partial charge in [0, 0.05) is 25.4 Å². The molecule has 2 aliphatic heterocycles. The Morgan fingerprint density at radius 2 is 2.06 bits per heavy atom. The SMILES string of the molecule is CNC(=O)N(C)C(=O)NC(C(=O)NC1C(=O)N2C(C(=O)O)=C(COC(N)=O)CS[C@@H]12)c1ccco1. The molecule has 188 valence electrons. The number of amides is 7. The van der Waals surface area contributed by atoms with Crippen molar-refractivity contribution in [1.82, 2.24) is 25.8 Å². The van der Waals surface area contributed by atoms with Gasteiger partial charge in [-0.05, 0) is 12.1 Å². The van der Waals surface area contributed by atoms with Crippen molar-refractivity contribution in [1.29, 1.82) is 0 Å². The molecular weight excluding hydrogens is 488 g/mol. The van der Waals surface area contributed by atoms with Gasteiger partial charge in [-0.25, -0.2) is 24.1 Å². The molecule has 6 N–H and O–H groups in total. The third-order valence-electron chi connectivity index (χ3n) is 5.12. The minimum absolute atomic E-state index is 0.0399. The van der Waals surface area contributed by atoms with Gasteiger partial charge in [0.1, 0.15) is 29.5 Å². The average molecular weight is 510 g/mol. The van der Waals surface area contributed by atoms with Crippen molar-refractivity contribution in [2.24, 2.45) is 5.73 Å². The van der Waals surface area contributed by atoms with Crippen LogP contribution >= 0.6 is 11.8 Å². The molecule has 2 unspecified atom stereocenters. The van der Waals surface area contributed by atoms with Crippen molar-refractivity contribution in [2.45, 2.75) is 17.5 Å². The first kappa shape index (κ1) is 25.4. The number of imide groups is 1. The summed E-state index contributed by atoms with van der Waals surface area (Å²) in [6, 6.07) is -1.24. The highest BCUT2D eigenvalue weighted by Gasteiger charge is 2.54. The fourth-order valence-corrected chi connectivity index (χ4v) is 4.72. The van der Waals surface area contributed by atoms with E-state index in [1.165, 1.54) is 32.5 Å². The van der Waals surface area contributed by atoms with Crippen LogP contribution in [-0.4, -0.2) is 88.7 Å². The second-order valence-corrected chi connectivity index (χ2v) is 8.38. The molecular formula is C19H22N6O9S. The minimum atomic E-state index is -1.41. The van der Waals surface area contributed by atoms with Gasteiger partial charge in [0.15, 0.2) is 6.04 Å². The molecule has 1 aromatic rings. The van der Waals surface area contributed by atoms with Gasteiger partial charge in [0.25, 0.3) is 11.8 Å². The van der Waals surface area contributed by atoms with E-state index in [1.54, 1.807) is 0 Å². The fourth-order valence-electron chi connectivity index (χ4n) is 3.39. The van der Waals surface area contributed by atoms with Gasteiger partial charge in [-0.15, -0.1) is 11.8 Å². The fraction of sp³-hybridized carbons (Fsp3) is 0.368. The number of aliphatic carboxylic acids is 1. The number of carbonyl (C=O) groups is 6. The van der Waals surface area contributed by atoms with Gasteiger partial charge < -0.3 is 35.9 Å². The molecule has 2 aliphatic rings. The summed E-state index contributed by atoms with van der Waals surface area (Å²) < 4.78 is 9.89. The molecule has 1 aromatic heterocycles. The molecule has 1 fully saturated rings. The highest BCUT2D eigenvalue weighted by molar-refractivity contribution is 8.00. The van der Waals surface area contributed by atoms with Gasteiger partial charge >= 0.3 is 24.1 Å². The van der Waals surface area contributed by atoms with Crippen LogP contribution in [0.25, 0.3) is 0 Å². The van der Waals surface area contributed by atoms with Crippen molar-refractivity contribution < 1.29 is 43.0 Å². The maximum absolute atomic E-state index is 13.0. The number of ether oxygens (including phenoxy) is 1. The summed E-state index contributed by atoms with van der Waals surface area (Å²) in [4.78, 5) is 74.3. The number of urea groups is 2. The summed E-state index contributed by atoms with van der Waals surface area (Å²) in [7, 11) is 2.51. The Bertz CT molecular complexity index is 1090. The maximum atomic E-state index is 13.0. The third-order valence-corrected chi connectivity index (χ3v) is 6.46. The monoisotopic (exact) mass is 510 g/mol. The molecule has 0 saturated carbocycles. The highest BCUT2D eigenvalue weighted by atomic mass is 32.2. The highest BCUT2D eigenvalue weighted by Crippen LogP contribution is 2.40. The Kier molecular flexibility index (Phi) is 7.53. The number of hydrogen-bond acceptors (Lipinski definition) is 9. The zero-order valence-corrected chi connectivity index (χ0v) is 19.3. The third kappa shape index (κ3) is 5.16. The van der Waals surface area contributed by atoms with E-state index in [1.807, 2.05) is 0 Å². The van der Waals surface area contributed by atoms with E-state index in [-0.39, 0.29) is 22.8 Å². The number of fused-ring (bicyclic) bond motifs is 1. The average Bonchev–Trinajstić information content (AvgIpc) is 3.36. The number of β-lactam (4-membered cyclic amide) rings is 1. The second kappa shape index (κ2) is 10.4. The van der Waals surface area contributed by atoms with Crippen LogP contribution < -0.4 is 21.7 Å². The van der Waals surface area contributed by atoms with Gasteiger partial charge in [-0.3, -0.25) is 14.5 Å². The number of nitrogens with one attached hydrogen (secondary N) is 3. The Hall–Kier alpha value is -4.21. The van der Waals surface area contributed by atoms with E-state index in [4.69, 9.17) is 10.2 Å². The summed E-state index contributed by atoms with van der Waals surface area (Å²) in [5.74, 6) is -2.80. The number of hydrogen-bond donors (Lipinski definition) is 5. The van der Waals surface area contributed by atoms with Crippen LogP contribution in [0.4, 0.5) is 14.4 Å². The first-order chi connectivity index (χ1) is 16.6. The Balaban J connectivity index is 1.76. The van der Waals surface area contributed by atoms with E-state index >= 15 is 0 Å². The van der Waals surface area contributed by atoms with E-state index in [0.29, 0.717) is 4.90 Å². The molecule has 3 atom stereocenters. The van der Waals surface area contributed by atoms with Crippen LogP contribution in [0.15, 0.2) is 34.1 Å². The lowest BCUT2D eigenvalue weighted by molar-refractivity contribution is -0.151. The molecule has 0 bridgehead atoms. The van der Waals surface area contributed by atoms with E-state index in [2.05, 4.69) is 20.7 Å². The number of nitrogens with zero attached hydrogens (tertiary/aromatic N) is 2. The molecule has 3 rings (SSSR count). The van der Waals surface area contributed by atoms with E-state index in [9.17, 15) is 33.9 Å². The zero-order valence-electron chi connectivity index (χ0n) is 18.5. The van der Waals surface area contributed by atoms with E-state index < -0.39 is 60.0 Å². The van der Waals surface area contributed by atoms with Crippen molar-refractivity contribution in [2.75, 3.05) is 26.5 Å². The predicted molar refractivity (Wildman–Crippen MR) is 117 cm³/mol. The number of nitrogens with two attached hydrogens (primary N) is 1. The van der Waals surface area contributed by atoms with Gasteiger partial charge in [-0.1, -0.05) is 0 Å². The molecule has 0 aliphatic carbocycles. The number of carboxylic acid groups (broad SMARTS) is 1. The van der Waals surface area contributed by atoms with Crippen LogP contribution in [0.5, 0.6) is 0 Å². The molecule has 0 radical (unpaired) electrons. The molecule has 35 heavy (non-hydrogen) atoms. The van der Waals surface area contributed by atoms with Crippen molar-refractivity contribution in [3.05, 3.63) is 35.4 Å². The van der Waals surface area contributed by atoms with Crippen LogP contribution in [0.3, 0.4) is 0 Å². The number of carboxylic acids is 1. The topological polar surface area (TPSA) is 214 Å². The molecule has 1 saturated heterocycles. The van der Waals surface area contributed by atoms with Crippen molar-refractivity contribution >= 4 is 47.7 Å². The molecule has 3 heterocycles. The smallest absolute Gasteiger partial charge is 0.404 e. The largest absolute Gasteiger partial charge is 0.477 e. The molecule has 0 aromatic carbocycles. The van der Waals surface area contributed by atoms with Crippen molar-refractivity contribution in [3.8, 4) is 0 Å². The van der Waals surface area contributed by atoms with Gasteiger partial charge in [0.2, 0.25) is 0 Å². The van der Waals surface area contributed by atoms with Gasteiger partial charge in [-0.2, -0.15) is 0 Å². The quantitative estimate of drug-likeness (QED) is 0.286. The lowest BCUT2D eigenvalue weighted by Gasteiger charge is -2.49. The summed E-state index contributed by atoms with van der Waals surface area (Å²) in [5, 5.41) is 16.0. The zero-order chi connectivity index (χ0) is 25.9. The summed E-state index contributed by atoms with van der Waals surface area (Å²) in [6.45, 7) is -0.400. The van der Waals surface area contributed by atoms with E-state index in [0.717, 1.165) is 16.7 Å². The molecule has 0 spiro atoms. The first-order valence-electron chi connectivity index (χ1n) is 9.98. The number of primary amides is 1. The standard InChI is InChI=1S/C19H22N6O9S/c1-21-18(31)24(2)19(32)23-10(9-4-3-5-33-9)13(26)22-11-14(27)25-12(16(28)29)8(6-34-17(20)30)7-35-15(11)25/h3-5,10-11,15H,6-7H2,1-2H3,(H2,20,30)(H,21,31)(H,22,26)(H,23,32)(H,28,29)/t10?,11?,15-/m0/s1. The lowest BCUT2D eigenvalue weighted by Crippen LogP contribution is -2.71. The minimum Gasteiger partial charge on any atom is -0.477 e. The Morgan fingerprint density at radius 1 is 1.34 bits per heavy atom. The van der Waals surface area contributed by atoms with Crippen LogP contribution in [0.2, 0.25) is 0 Å². The number of carbonyl (C=O) groups excluding carboxylic acids is 5. The van der Waals surface area contributed by atoms with Crippen LogP contribution in [0.1, 0.15) is 11.8 Å². The normalized spacial score (nSPS) is 19.6.